The summed E-state index contributed by atoms with van der Waals surface area (Å²) in [6.45, 7) is 2.81. The van der Waals surface area contributed by atoms with Gasteiger partial charge in [-0.05, 0) is 19.1 Å². The van der Waals surface area contributed by atoms with E-state index in [0.29, 0.717) is 12.4 Å². The summed E-state index contributed by atoms with van der Waals surface area (Å²) in [4.78, 5) is 22.1. The van der Waals surface area contributed by atoms with Crippen LogP contribution >= 0.6 is 0 Å². The van der Waals surface area contributed by atoms with Crippen molar-refractivity contribution >= 4 is 22.8 Å². The second kappa shape index (κ2) is 5.44. The first-order valence-electron chi connectivity index (χ1n) is 5.90. The van der Waals surface area contributed by atoms with E-state index < -0.39 is 0 Å². The van der Waals surface area contributed by atoms with Gasteiger partial charge in [0.2, 0.25) is 5.91 Å². The zero-order chi connectivity index (χ0) is 13.0. The Hall–Kier alpha value is -2.17. The highest BCUT2D eigenvalue weighted by Crippen LogP contribution is 2.13. The number of amides is 1. The molecule has 1 aromatic carbocycles. The SMILES string of the molecule is CCNC(=O)CN(C)c1cnc2ccccc2n1. The maximum Gasteiger partial charge on any atom is 0.239 e. The molecule has 1 aromatic heterocycles. The standard InChI is InChI=1S/C13H16N4O/c1-3-14-13(18)9-17(2)12-8-15-10-6-4-5-7-11(10)16-12/h4-8H,3,9H2,1-2H3,(H,14,18). The number of carbonyl (C=O) groups excluding carboxylic acids is 1. The van der Waals surface area contributed by atoms with Crippen molar-refractivity contribution in [3.8, 4) is 0 Å². The van der Waals surface area contributed by atoms with Crippen molar-refractivity contribution in [1.29, 1.82) is 0 Å². The third-order valence-corrected chi connectivity index (χ3v) is 2.58. The summed E-state index contributed by atoms with van der Waals surface area (Å²) < 4.78 is 0. The number of anilines is 1. The summed E-state index contributed by atoms with van der Waals surface area (Å²) in [7, 11) is 1.83. The van der Waals surface area contributed by atoms with Gasteiger partial charge in [0, 0.05) is 13.6 Å². The van der Waals surface area contributed by atoms with Crippen LogP contribution in [0.25, 0.3) is 11.0 Å². The number of hydrogen-bond donors (Lipinski definition) is 1. The van der Waals surface area contributed by atoms with E-state index in [0.717, 1.165) is 11.0 Å². The highest BCUT2D eigenvalue weighted by Gasteiger charge is 2.08. The summed E-state index contributed by atoms with van der Waals surface area (Å²) >= 11 is 0. The summed E-state index contributed by atoms with van der Waals surface area (Å²) in [5.41, 5.74) is 1.69. The van der Waals surface area contributed by atoms with Gasteiger partial charge < -0.3 is 10.2 Å². The number of nitrogens with one attached hydrogen (secondary N) is 1. The molecule has 0 aliphatic heterocycles. The smallest absolute Gasteiger partial charge is 0.239 e. The van der Waals surface area contributed by atoms with E-state index >= 15 is 0 Å². The summed E-state index contributed by atoms with van der Waals surface area (Å²) in [5, 5.41) is 2.75. The van der Waals surface area contributed by atoms with Gasteiger partial charge >= 0.3 is 0 Å². The first-order chi connectivity index (χ1) is 8.70. The first-order valence-corrected chi connectivity index (χ1v) is 5.90. The fourth-order valence-corrected chi connectivity index (χ4v) is 1.68. The summed E-state index contributed by atoms with van der Waals surface area (Å²) in [6, 6.07) is 7.67. The average molecular weight is 244 g/mol. The molecule has 0 radical (unpaired) electrons. The van der Waals surface area contributed by atoms with E-state index in [1.807, 2.05) is 38.2 Å². The molecule has 0 fully saturated rings. The Morgan fingerprint density at radius 1 is 1.33 bits per heavy atom. The van der Waals surface area contributed by atoms with E-state index in [-0.39, 0.29) is 12.5 Å². The lowest BCUT2D eigenvalue weighted by Gasteiger charge is -2.17. The molecule has 0 bridgehead atoms. The maximum atomic E-state index is 11.5. The van der Waals surface area contributed by atoms with Crippen LogP contribution in [-0.4, -0.2) is 36.0 Å². The van der Waals surface area contributed by atoms with E-state index in [9.17, 15) is 4.79 Å². The van der Waals surface area contributed by atoms with Crippen molar-refractivity contribution in [2.75, 3.05) is 25.0 Å². The molecule has 2 rings (SSSR count). The minimum absolute atomic E-state index is 0.0186. The van der Waals surface area contributed by atoms with Gasteiger partial charge in [-0.1, -0.05) is 12.1 Å². The molecule has 0 saturated heterocycles. The lowest BCUT2D eigenvalue weighted by atomic mass is 10.3. The van der Waals surface area contributed by atoms with E-state index in [1.54, 1.807) is 11.1 Å². The van der Waals surface area contributed by atoms with Gasteiger partial charge in [-0.15, -0.1) is 0 Å². The fraction of sp³-hybridized carbons (Fsp3) is 0.308. The zero-order valence-corrected chi connectivity index (χ0v) is 10.6. The first kappa shape index (κ1) is 12.3. The van der Waals surface area contributed by atoms with Crippen molar-refractivity contribution in [3.63, 3.8) is 0 Å². The molecule has 94 valence electrons. The molecule has 0 unspecified atom stereocenters. The Labute approximate surface area is 106 Å². The number of benzene rings is 1. The molecule has 0 aliphatic carbocycles. The van der Waals surface area contributed by atoms with Crippen molar-refractivity contribution in [2.45, 2.75) is 6.92 Å². The van der Waals surface area contributed by atoms with Gasteiger partial charge in [-0.2, -0.15) is 0 Å². The van der Waals surface area contributed by atoms with Gasteiger partial charge in [-0.25, -0.2) is 4.98 Å². The van der Waals surface area contributed by atoms with Crippen molar-refractivity contribution in [1.82, 2.24) is 15.3 Å². The van der Waals surface area contributed by atoms with Crippen LogP contribution in [-0.2, 0) is 4.79 Å². The van der Waals surface area contributed by atoms with Crippen LogP contribution in [0.5, 0.6) is 0 Å². The molecule has 0 aliphatic rings. The largest absolute Gasteiger partial charge is 0.355 e. The van der Waals surface area contributed by atoms with Crippen molar-refractivity contribution in [2.24, 2.45) is 0 Å². The number of aromatic nitrogens is 2. The number of likely N-dealkylation sites (N-methyl/N-ethyl adjacent to an activating group) is 2. The molecule has 0 atom stereocenters. The minimum atomic E-state index is -0.0186. The molecule has 0 saturated carbocycles. The molecule has 1 heterocycles. The second-order valence-corrected chi connectivity index (χ2v) is 4.03. The van der Waals surface area contributed by atoms with Gasteiger partial charge in [0.05, 0.1) is 23.8 Å². The Morgan fingerprint density at radius 3 is 2.78 bits per heavy atom. The van der Waals surface area contributed by atoms with Crippen LogP contribution in [0.3, 0.4) is 0 Å². The van der Waals surface area contributed by atoms with Crippen LogP contribution in [0.2, 0.25) is 0 Å². The van der Waals surface area contributed by atoms with E-state index in [4.69, 9.17) is 0 Å². The van der Waals surface area contributed by atoms with Crippen LogP contribution < -0.4 is 10.2 Å². The minimum Gasteiger partial charge on any atom is -0.355 e. The molecule has 1 amide bonds. The Balaban J connectivity index is 2.17. The maximum absolute atomic E-state index is 11.5. The predicted octanol–water partition coefficient (Wildman–Crippen LogP) is 1.20. The zero-order valence-electron chi connectivity index (χ0n) is 10.6. The third kappa shape index (κ3) is 2.74. The lowest BCUT2D eigenvalue weighted by Crippen LogP contribution is -2.35. The summed E-state index contributed by atoms with van der Waals surface area (Å²) in [5.74, 6) is 0.676. The molecule has 1 N–H and O–H groups in total. The highest BCUT2D eigenvalue weighted by molar-refractivity contribution is 5.81. The van der Waals surface area contributed by atoms with Gasteiger partial charge in [0.15, 0.2) is 0 Å². The normalized spacial score (nSPS) is 10.3. The van der Waals surface area contributed by atoms with Crippen LogP contribution in [0.1, 0.15) is 6.92 Å². The molecular formula is C13H16N4O. The number of fused-ring (bicyclic) bond motifs is 1. The van der Waals surface area contributed by atoms with Crippen LogP contribution in [0, 0.1) is 0 Å². The number of hydrogen-bond acceptors (Lipinski definition) is 4. The summed E-state index contributed by atoms with van der Waals surface area (Å²) in [6.07, 6.45) is 1.68. The lowest BCUT2D eigenvalue weighted by molar-refractivity contribution is -0.119. The number of rotatable bonds is 4. The Bertz CT molecular complexity index is 555. The molecule has 5 heteroatoms. The topological polar surface area (TPSA) is 58.1 Å². The number of carbonyl (C=O) groups is 1. The van der Waals surface area contributed by atoms with E-state index in [1.165, 1.54) is 0 Å². The van der Waals surface area contributed by atoms with Crippen LogP contribution in [0.4, 0.5) is 5.82 Å². The third-order valence-electron chi connectivity index (χ3n) is 2.58. The molecular weight excluding hydrogens is 228 g/mol. The molecule has 0 spiro atoms. The quantitative estimate of drug-likeness (QED) is 0.878. The second-order valence-electron chi connectivity index (χ2n) is 4.03. The van der Waals surface area contributed by atoms with Crippen LogP contribution in [0.15, 0.2) is 30.5 Å². The van der Waals surface area contributed by atoms with Crippen molar-refractivity contribution in [3.05, 3.63) is 30.5 Å². The highest BCUT2D eigenvalue weighted by atomic mass is 16.2. The average Bonchev–Trinajstić information content (AvgIpc) is 2.38. The number of nitrogens with zero attached hydrogens (tertiary/aromatic N) is 3. The Morgan fingerprint density at radius 2 is 2.06 bits per heavy atom. The van der Waals surface area contributed by atoms with Gasteiger partial charge in [0.1, 0.15) is 5.82 Å². The van der Waals surface area contributed by atoms with Crippen molar-refractivity contribution < 1.29 is 4.79 Å². The fourth-order valence-electron chi connectivity index (χ4n) is 1.68. The molecule has 18 heavy (non-hydrogen) atoms. The van der Waals surface area contributed by atoms with Gasteiger partial charge in [-0.3, -0.25) is 9.78 Å². The molecule has 2 aromatic rings. The predicted molar refractivity (Wildman–Crippen MR) is 71.5 cm³/mol. The number of para-hydroxylation sites is 2. The van der Waals surface area contributed by atoms with Gasteiger partial charge in [0.25, 0.3) is 0 Å². The Kier molecular flexibility index (Phi) is 3.72. The molecule has 5 nitrogen and oxygen atoms in total. The monoisotopic (exact) mass is 244 g/mol. The van der Waals surface area contributed by atoms with E-state index in [2.05, 4.69) is 15.3 Å².